The largest absolute Gasteiger partial charge is 0.444 e. The van der Waals surface area contributed by atoms with Gasteiger partial charge in [0.25, 0.3) is 0 Å². The molecule has 1 atom stereocenters. The number of nitrogens with one attached hydrogen (secondary N) is 1. The predicted octanol–water partition coefficient (Wildman–Crippen LogP) is 4.02. The van der Waals surface area contributed by atoms with Gasteiger partial charge in [-0.1, -0.05) is 36.4 Å². The quantitative estimate of drug-likeness (QED) is 0.541. The standard InChI is InChI=1S/C20H29NO4/c1-16(22)12-13-18(24-15-17-9-6-5-7-10-17)11-8-14-21-19(23)25-20(2,3)4/h5-7,9-10,12-13,18H,8,11,14-15H2,1-4H3,(H,21,23)/b13-12+/t18-/m0/s1. The van der Waals surface area contributed by atoms with Gasteiger partial charge < -0.3 is 14.8 Å². The number of ether oxygens (including phenoxy) is 2. The number of benzene rings is 1. The molecular formula is C20H29NO4. The van der Waals surface area contributed by atoms with Gasteiger partial charge in [-0.2, -0.15) is 0 Å². The molecule has 138 valence electrons. The lowest BCUT2D eigenvalue weighted by atomic mass is 10.1. The maximum Gasteiger partial charge on any atom is 0.407 e. The third-order valence-corrected chi connectivity index (χ3v) is 3.19. The van der Waals surface area contributed by atoms with E-state index >= 15 is 0 Å². The highest BCUT2D eigenvalue weighted by atomic mass is 16.6. The Bertz CT molecular complexity index is 561. The molecule has 1 aromatic rings. The van der Waals surface area contributed by atoms with Gasteiger partial charge >= 0.3 is 6.09 Å². The summed E-state index contributed by atoms with van der Waals surface area (Å²) in [6.45, 7) is 7.96. The Balaban J connectivity index is 2.40. The summed E-state index contributed by atoms with van der Waals surface area (Å²) in [6, 6.07) is 9.87. The first kappa shape index (κ1) is 20.9. The Morgan fingerprint density at radius 1 is 1.20 bits per heavy atom. The van der Waals surface area contributed by atoms with Crippen LogP contribution in [-0.2, 0) is 20.9 Å². The summed E-state index contributed by atoms with van der Waals surface area (Å²) in [4.78, 5) is 22.8. The molecular weight excluding hydrogens is 318 g/mol. The lowest BCUT2D eigenvalue weighted by Crippen LogP contribution is -2.33. The minimum Gasteiger partial charge on any atom is -0.444 e. The molecule has 1 rings (SSSR count). The fourth-order valence-electron chi connectivity index (χ4n) is 2.06. The second-order valence-electron chi connectivity index (χ2n) is 6.88. The molecule has 25 heavy (non-hydrogen) atoms. The van der Waals surface area contributed by atoms with Crippen LogP contribution < -0.4 is 5.32 Å². The van der Waals surface area contributed by atoms with Crippen LogP contribution in [0.15, 0.2) is 42.5 Å². The average molecular weight is 347 g/mol. The molecule has 0 spiro atoms. The zero-order valence-electron chi connectivity index (χ0n) is 15.6. The highest BCUT2D eigenvalue weighted by molar-refractivity contribution is 5.87. The smallest absolute Gasteiger partial charge is 0.407 e. The van der Waals surface area contributed by atoms with E-state index in [2.05, 4.69) is 5.32 Å². The summed E-state index contributed by atoms with van der Waals surface area (Å²) in [5, 5.41) is 2.73. The van der Waals surface area contributed by atoms with Crippen molar-refractivity contribution in [3.05, 3.63) is 48.0 Å². The maximum atomic E-state index is 11.6. The highest BCUT2D eigenvalue weighted by Crippen LogP contribution is 2.10. The van der Waals surface area contributed by atoms with Crippen LogP contribution in [0.1, 0.15) is 46.1 Å². The van der Waals surface area contributed by atoms with Gasteiger partial charge in [0.05, 0.1) is 12.7 Å². The Kier molecular flexibility index (Phi) is 8.92. The molecule has 0 bridgehead atoms. The number of amides is 1. The third kappa shape index (κ3) is 11.1. The second-order valence-corrected chi connectivity index (χ2v) is 6.88. The van der Waals surface area contributed by atoms with Crippen LogP contribution in [0, 0.1) is 0 Å². The molecule has 1 aromatic carbocycles. The predicted molar refractivity (Wildman–Crippen MR) is 98.3 cm³/mol. The number of ketones is 1. The van der Waals surface area contributed by atoms with E-state index in [1.807, 2.05) is 51.1 Å². The number of allylic oxidation sites excluding steroid dienone is 1. The fourth-order valence-corrected chi connectivity index (χ4v) is 2.06. The molecule has 0 aliphatic rings. The zero-order chi connectivity index (χ0) is 18.7. The first-order chi connectivity index (χ1) is 11.8. The van der Waals surface area contributed by atoms with Crippen molar-refractivity contribution in [2.24, 2.45) is 0 Å². The number of carbonyl (C=O) groups is 2. The van der Waals surface area contributed by atoms with Crippen molar-refractivity contribution in [3.63, 3.8) is 0 Å². The third-order valence-electron chi connectivity index (χ3n) is 3.19. The van der Waals surface area contributed by atoms with Crippen LogP contribution in [0.5, 0.6) is 0 Å². The van der Waals surface area contributed by atoms with Crippen LogP contribution in [0.2, 0.25) is 0 Å². The number of carbonyl (C=O) groups excluding carboxylic acids is 2. The van der Waals surface area contributed by atoms with Gasteiger partial charge in [-0.3, -0.25) is 4.79 Å². The van der Waals surface area contributed by atoms with Crippen LogP contribution in [0.25, 0.3) is 0 Å². The first-order valence-electron chi connectivity index (χ1n) is 8.57. The molecule has 0 aliphatic heterocycles. The van der Waals surface area contributed by atoms with E-state index in [1.165, 1.54) is 13.0 Å². The van der Waals surface area contributed by atoms with Crippen molar-refractivity contribution in [3.8, 4) is 0 Å². The zero-order valence-corrected chi connectivity index (χ0v) is 15.6. The molecule has 0 unspecified atom stereocenters. The molecule has 1 N–H and O–H groups in total. The molecule has 0 aliphatic carbocycles. The summed E-state index contributed by atoms with van der Waals surface area (Å²) in [5.41, 5.74) is 0.575. The summed E-state index contributed by atoms with van der Waals surface area (Å²) in [7, 11) is 0. The van der Waals surface area contributed by atoms with Gasteiger partial charge in [0.15, 0.2) is 5.78 Å². The fraction of sp³-hybridized carbons (Fsp3) is 0.500. The van der Waals surface area contributed by atoms with Crippen LogP contribution in [0.3, 0.4) is 0 Å². The molecule has 5 heteroatoms. The van der Waals surface area contributed by atoms with E-state index < -0.39 is 11.7 Å². The Labute approximate surface area is 150 Å². The van der Waals surface area contributed by atoms with Gasteiger partial charge in [0.2, 0.25) is 0 Å². The minimum atomic E-state index is -0.504. The summed E-state index contributed by atoms with van der Waals surface area (Å²) in [6.07, 6.45) is 4.13. The number of rotatable bonds is 9. The Morgan fingerprint density at radius 3 is 2.48 bits per heavy atom. The molecule has 0 fully saturated rings. The van der Waals surface area contributed by atoms with E-state index in [1.54, 1.807) is 6.08 Å². The number of hydrogen-bond acceptors (Lipinski definition) is 4. The normalized spacial score (nSPS) is 12.8. The van der Waals surface area contributed by atoms with E-state index in [-0.39, 0.29) is 11.9 Å². The minimum absolute atomic E-state index is 0.0137. The lowest BCUT2D eigenvalue weighted by Gasteiger charge is -2.20. The topological polar surface area (TPSA) is 64.6 Å². The maximum absolute atomic E-state index is 11.6. The van der Waals surface area contributed by atoms with Crippen molar-refractivity contribution < 1.29 is 19.1 Å². The number of alkyl carbamates (subject to hydrolysis) is 1. The van der Waals surface area contributed by atoms with E-state index in [4.69, 9.17) is 9.47 Å². The van der Waals surface area contributed by atoms with Crippen LogP contribution >= 0.6 is 0 Å². The first-order valence-corrected chi connectivity index (χ1v) is 8.57. The van der Waals surface area contributed by atoms with E-state index in [0.717, 1.165) is 12.0 Å². The molecule has 0 saturated carbocycles. The van der Waals surface area contributed by atoms with Gasteiger partial charge in [-0.05, 0) is 52.2 Å². The van der Waals surface area contributed by atoms with Gasteiger partial charge in [0.1, 0.15) is 5.60 Å². The van der Waals surface area contributed by atoms with Gasteiger partial charge in [0, 0.05) is 6.54 Å². The molecule has 5 nitrogen and oxygen atoms in total. The van der Waals surface area contributed by atoms with Crippen molar-refractivity contribution in [2.45, 2.75) is 58.8 Å². The molecule has 0 aromatic heterocycles. The van der Waals surface area contributed by atoms with E-state index in [0.29, 0.717) is 19.6 Å². The van der Waals surface area contributed by atoms with Crippen LogP contribution in [0.4, 0.5) is 4.79 Å². The molecule has 0 radical (unpaired) electrons. The monoisotopic (exact) mass is 347 g/mol. The van der Waals surface area contributed by atoms with Crippen molar-refractivity contribution in [1.29, 1.82) is 0 Å². The molecule has 0 saturated heterocycles. The van der Waals surface area contributed by atoms with Crippen molar-refractivity contribution in [1.82, 2.24) is 5.32 Å². The average Bonchev–Trinajstić information content (AvgIpc) is 2.52. The lowest BCUT2D eigenvalue weighted by molar-refractivity contribution is -0.112. The molecule has 0 heterocycles. The SMILES string of the molecule is CC(=O)/C=C/[C@H](CCCNC(=O)OC(C)(C)C)OCc1ccccc1. The van der Waals surface area contributed by atoms with Gasteiger partial charge in [-0.25, -0.2) is 4.79 Å². The Hall–Kier alpha value is -2.14. The summed E-state index contributed by atoms with van der Waals surface area (Å²) < 4.78 is 11.1. The second kappa shape index (κ2) is 10.7. The highest BCUT2D eigenvalue weighted by Gasteiger charge is 2.15. The van der Waals surface area contributed by atoms with E-state index in [9.17, 15) is 9.59 Å². The summed E-state index contributed by atoms with van der Waals surface area (Å²) in [5.74, 6) is -0.0137. The van der Waals surface area contributed by atoms with Crippen molar-refractivity contribution >= 4 is 11.9 Å². The molecule has 1 amide bonds. The van der Waals surface area contributed by atoms with Crippen molar-refractivity contribution in [2.75, 3.05) is 6.54 Å². The Morgan fingerprint density at radius 2 is 1.88 bits per heavy atom. The van der Waals surface area contributed by atoms with Gasteiger partial charge in [-0.15, -0.1) is 0 Å². The number of hydrogen-bond donors (Lipinski definition) is 1. The summed E-state index contributed by atoms with van der Waals surface area (Å²) >= 11 is 0. The van der Waals surface area contributed by atoms with Crippen LogP contribution in [-0.4, -0.2) is 30.1 Å².